The van der Waals surface area contributed by atoms with Crippen LogP contribution in [0.3, 0.4) is 0 Å². The number of hydrogen-bond acceptors (Lipinski definition) is 3. The lowest BCUT2D eigenvalue weighted by molar-refractivity contribution is -0.134. The Labute approximate surface area is 102 Å². The molecule has 0 aromatic carbocycles. The number of nitrogens with one attached hydrogen (secondary N) is 1. The number of aliphatic hydroxyl groups is 1. The van der Waals surface area contributed by atoms with Crippen LogP contribution in [0.2, 0.25) is 0 Å². The van der Waals surface area contributed by atoms with Gasteiger partial charge in [0.15, 0.2) is 0 Å². The molecule has 96 valence electrons. The Morgan fingerprint density at radius 2 is 2.06 bits per heavy atom. The summed E-state index contributed by atoms with van der Waals surface area (Å²) in [4.78, 5) is 14.5. The van der Waals surface area contributed by atoms with Gasteiger partial charge in [0, 0.05) is 19.1 Å². The van der Waals surface area contributed by atoms with Gasteiger partial charge in [-0.05, 0) is 31.6 Å². The second-order valence-electron chi connectivity index (χ2n) is 5.78. The van der Waals surface area contributed by atoms with Gasteiger partial charge in [-0.25, -0.2) is 0 Å². The highest BCUT2D eigenvalue weighted by Gasteiger charge is 2.41. The summed E-state index contributed by atoms with van der Waals surface area (Å²) in [6.07, 6.45) is 6.53. The third kappa shape index (κ3) is 2.08. The molecule has 3 rings (SSSR count). The molecule has 2 aliphatic heterocycles. The van der Waals surface area contributed by atoms with Crippen molar-refractivity contribution in [1.82, 2.24) is 10.2 Å². The van der Waals surface area contributed by atoms with Crippen molar-refractivity contribution >= 4 is 5.91 Å². The van der Waals surface area contributed by atoms with Crippen LogP contribution in [0.1, 0.15) is 38.5 Å². The maximum absolute atomic E-state index is 12.4. The van der Waals surface area contributed by atoms with Crippen LogP contribution in [0, 0.1) is 5.92 Å². The van der Waals surface area contributed by atoms with Crippen LogP contribution in [-0.4, -0.2) is 47.2 Å². The molecular weight excluding hydrogens is 216 g/mol. The van der Waals surface area contributed by atoms with E-state index in [-0.39, 0.29) is 18.1 Å². The third-order valence-electron chi connectivity index (χ3n) is 4.70. The number of hydrogen-bond donors (Lipinski definition) is 2. The summed E-state index contributed by atoms with van der Waals surface area (Å²) < 4.78 is 0. The Bertz CT molecular complexity index is 308. The van der Waals surface area contributed by atoms with E-state index in [1.54, 1.807) is 0 Å². The van der Waals surface area contributed by atoms with E-state index in [0.717, 1.165) is 12.5 Å². The second kappa shape index (κ2) is 4.58. The molecule has 4 unspecified atom stereocenters. The van der Waals surface area contributed by atoms with Gasteiger partial charge in [0.05, 0.1) is 12.1 Å². The van der Waals surface area contributed by atoms with E-state index in [4.69, 9.17) is 0 Å². The summed E-state index contributed by atoms with van der Waals surface area (Å²) >= 11 is 0. The molecule has 0 spiro atoms. The average molecular weight is 238 g/mol. The van der Waals surface area contributed by atoms with Gasteiger partial charge in [-0.15, -0.1) is 0 Å². The van der Waals surface area contributed by atoms with Gasteiger partial charge in [0.1, 0.15) is 0 Å². The molecule has 2 heterocycles. The van der Waals surface area contributed by atoms with Crippen molar-refractivity contribution in [3.05, 3.63) is 0 Å². The van der Waals surface area contributed by atoms with E-state index < -0.39 is 0 Å². The number of likely N-dealkylation sites (tertiary alicyclic amines) is 1. The minimum Gasteiger partial charge on any atom is -0.392 e. The molecule has 0 radical (unpaired) electrons. The minimum atomic E-state index is -0.339. The molecule has 17 heavy (non-hydrogen) atoms. The molecule has 4 nitrogen and oxygen atoms in total. The SMILES string of the molecule is O=C(C1CC(O)CN1)N1CCC2CCCCC21. The lowest BCUT2D eigenvalue weighted by Crippen LogP contribution is -2.47. The Morgan fingerprint density at radius 3 is 2.82 bits per heavy atom. The number of amides is 1. The average Bonchev–Trinajstić information content (AvgIpc) is 2.94. The summed E-state index contributed by atoms with van der Waals surface area (Å²) in [7, 11) is 0. The monoisotopic (exact) mass is 238 g/mol. The topological polar surface area (TPSA) is 52.6 Å². The van der Waals surface area contributed by atoms with Gasteiger partial charge in [0.25, 0.3) is 0 Å². The van der Waals surface area contributed by atoms with E-state index in [9.17, 15) is 9.90 Å². The van der Waals surface area contributed by atoms with Crippen LogP contribution in [-0.2, 0) is 4.79 Å². The van der Waals surface area contributed by atoms with Gasteiger partial charge in [-0.1, -0.05) is 12.8 Å². The number of carbonyl (C=O) groups is 1. The predicted molar refractivity (Wildman–Crippen MR) is 64.5 cm³/mol. The fraction of sp³-hybridized carbons (Fsp3) is 0.923. The first-order valence-electron chi connectivity index (χ1n) is 6.97. The fourth-order valence-electron chi connectivity index (χ4n) is 3.78. The van der Waals surface area contributed by atoms with Crippen LogP contribution >= 0.6 is 0 Å². The molecule has 4 heteroatoms. The van der Waals surface area contributed by atoms with E-state index in [2.05, 4.69) is 10.2 Å². The first-order valence-corrected chi connectivity index (χ1v) is 6.97. The molecule has 0 bridgehead atoms. The highest BCUT2D eigenvalue weighted by molar-refractivity contribution is 5.83. The maximum atomic E-state index is 12.4. The van der Waals surface area contributed by atoms with Gasteiger partial charge in [0.2, 0.25) is 5.91 Å². The summed E-state index contributed by atoms with van der Waals surface area (Å²) in [6.45, 7) is 1.50. The lowest BCUT2D eigenvalue weighted by Gasteiger charge is -2.33. The zero-order valence-electron chi connectivity index (χ0n) is 10.3. The Kier molecular flexibility index (Phi) is 3.09. The van der Waals surface area contributed by atoms with Crippen molar-refractivity contribution in [2.45, 2.75) is 56.7 Å². The minimum absolute atomic E-state index is 0.134. The normalized spacial score (nSPS) is 41.6. The molecule has 1 aliphatic carbocycles. The van der Waals surface area contributed by atoms with Crippen molar-refractivity contribution in [2.75, 3.05) is 13.1 Å². The zero-order valence-corrected chi connectivity index (χ0v) is 10.3. The van der Waals surface area contributed by atoms with E-state index in [1.165, 1.54) is 32.1 Å². The second-order valence-corrected chi connectivity index (χ2v) is 5.78. The number of rotatable bonds is 1. The zero-order chi connectivity index (χ0) is 11.8. The van der Waals surface area contributed by atoms with Crippen LogP contribution in [0.25, 0.3) is 0 Å². The molecule has 1 saturated carbocycles. The summed E-state index contributed by atoms with van der Waals surface area (Å²) in [5.74, 6) is 0.981. The standard InChI is InChI=1S/C13H22N2O2/c16-10-7-11(14-8-10)13(17)15-6-5-9-3-1-2-4-12(9)15/h9-12,14,16H,1-8H2. The molecular formula is C13H22N2O2. The molecule has 2 saturated heterocycles. The number of β-amino-alcohol motifs (C(OH)–C–C–N with tert-alkyl or cyclic N) is 1. The quantitative estimate of drug-likeness (QED) is 0.699. The van der Waals surface area contributed by atoms with Crippen molar-refractivity contribution in [2.24, 2.45) is 5.92 Å². The Morgan fingerprint density at radius 1 is 1.24 bits per heavy atom. The third-order valence-corrected chi connectivity index (χ3v) is 4.70. The van der Waals surface area contributed by atoms with Crippen LogP contribution in [0.15, 0.2) is 0 Å². The van der Waals surface area contributed by atoms with Crippen LogP contribution < -0.4 is 5.32 Å². The van der Waals surface area contributed by atoms with E-state index >= 15 is 0 Å². The van der Waals surface area contributed by atoms with Gasteiger partial charge in [-0.3, -0.25) is 4.79 Å². The van der Waals surface area contributed by atoms with Crippen molar-refractivity contribution in [3.8, 4) is 0 Å². The molecule has 0 aromatic rings. The maximum Gasteiger partial charge on any atom is 0.240 e. The largest absolute Gasteiger partial charge is 0.392 e. The Hall–Kier alpha value is -0.610. The first kappa shape index (κ1) is 11.5. The van der Waals surface area contributed by atoms with Crippen molar-refractivity contribution < 1.29 is 9.90 Å². The molecule has 2 N–H and O–H groups in total. The predicted octanol–water partition coefficient (Wildman–Crippen LogP) is 0.500. The molecule has 3 fully saturated rings. The lowest BCUT2D eigenvalue weighted by atomic mass is 9.85. The Balaban J connectivity index is 1.65. The number of aliphatic hydroxyl groups excluding tert-OH is 1. The summed E-state index contributed by atoms with van der Waals surface area (Å²) in [6, 6.07) is 0.362. The van der Waals surface area contributed by atoms with Crippen molar-refractivity contribution in [3.63, 3.8) is 0 Å². The van der Waals surface area contributed by atoms with Gasteiger partial charge >= 0.3 is 0 Å². The van der Waals surface area contributed by atoms with E-state index in [0.29, 0.717) is 19.0 Å². The molecule has 3 aliphatic rings. The number of carbonyl (C=O) groups excluding carboxylic acids is 1. The van der Waals surface area contributed by atoms with Crippen molar-refractivity contribution in [1.29, 1.82) is 0 Å². The molecule has 0 aromatic heterocycles. The van der Waals surface area contributed by atoms with E-state index in [1.807, 2.05) is 0 Å². The smallest absolute Gasteiger partial charge is 0.240 e. The number of fused-ring (bicyclic) bond motifs is 1. The highest BCUT2D eigenvalue weighted by Crippen LogP contribution is 2.36. The van der Waals surface area contributed by atoms with Gasteiger partial charge in [-0.2, -0.15) is 0 Å². The highest BCUT2D eigenvalue weighted by atomic mass is 16.3. The fourth-order valence-corrected chi connectivity index (χ4v) is 3.78. The summed E-state index contributed by atoms with van der Waals surface area (Å²) in [5, 5.41) is 12.6. The van der Waals surface area contributed by atoms with Crippen LogP contribution in [0.5, 0.6) is 0 Å². The molecule has 1 amide bonds. The van der Waals surface area contributed by atoms with Gasteiger partial charge < -0.3 is 15.3 Å². The summed E-state index contributed by atoms with van der Waals surface area (Å²) in [5.41, 5.74) is 0. The first-order chi connectivity index (χ1) is 8.25. The molecule has 4 atom stereocenters. The number of nitrogens with zero attached hydrogens (tertiary/aromatic N) is 1. The van der Waals surface area contributed by atoms with Crippen LogP contribution in [0.4, 0.5) is 0 Å².